The number of pyridine rings is 1. The van der Waals surface area contributed by atoms with Gasteiger partial charge in [-0.05, 0) is 42.0 Å². The average Bonchev–Trinajstić information content (AvgIpc) is 2.63. The first-order valence-corrected chi connectivity index (χ1v) is 7.96. The fourth-order valence-electron chi connectivity index (χ4n) is 2.43. The molecule has 0 atom stereocenters. The Balaban J connectivity index is 0.00000225. The third-order valence-electron chi connectivity index (χ3n) is 3.73. The third-order valence-corrected chi connectivity index (χ3v) is 3.73. The lowest BCUT2D eigenvalue weighted by atomic mass is 10.2. The molecule has 0 aliphatic heterocycles. The topological polar surface area (TPSA) is 38.7 Å². The van der Waals surface area contributed by atoms with Gasteiger partial charge in [0.25, 0.3) is 0 Å². The van der Waals surface area contributed by atoms with Crippen molar-refractivity contribution in [2.45, 2.75) is 19.7 Å². The van der Waals surface area contributed by atoms with Crippen molar-refractivity contribution in [2.75, 3.05) is 0 Å². The quantitative estimate of drug-likeness (QED) is 0.649. The molecule has 5 heteroatoms. The van der Waals surface area contributed by atoms with E-state index in [-0.39, 0.29) is 18.2 Å². The molecule has 0 spiro atoms. The van der Waals surface area contributed by atoms with E-state index < -0.39 is 0 Å². The van der Waals surface area contributed by atoms with Crippen LogP contribution in [0.2, 0.25) is 0 Å². The first-order valence-electron chi connectivity index (χ1n) is 7.96. The lowest BCUT2D eigenvalue weighted by molar-refractivity contribution is -0.686. The van der Waals surface area contributed by atoms with Crippen molar-refractivity contribution in [3.05, 3.63) is 95.6 Å². The van der Waals surface area contributed by atoms with E-state index in [1.807, 2.05) is 42.7 Å². The van der Waals surface area contributed by atoms with Gasteiger partial charge in [0.15, 0.2) is 0 Å². The number of nitrogens with two attached hydrogens (primary N) is 1. The van der Waals surface area contributed by atoms with Gasteiger partial charge in [0.05, 0.1) is 0 Å². The first kappa shape index (κ1) is 18.9. The second-order valence-corrected chi connectivity index (χ2v) is 5.61. The summed E-state index contributed by atoms with van der Waals surface area (Å²) in [6.45, 7) is 2.24. The molecule has 0 fully saturated rings. The number of benzene rings is 2. The summed E-state index contributed by atoms with van der Waals surface area (Å²) in [4.78, 5) is 4.02. The van der Waals surface area contributed by atoms with E-state index >= 15 is 0 Å². The van der Waals surface area contributed by atoms with Gasteiger partial charge in [-0.1, -0.05) is 24.3 Å². The largest absolute Gasteiger partial charge is 1.00 e. The van der Waals surface area contributed by atoms with Crippen LogP contribution in [0.5, 0.6) is 5.75 Å². The van der Waals surface area contributed by atoms with Crippen molar-refractivity contribution in [1.82, 2.24) is 4.98 Å². The SMILES string of the molecule is Fc1ccc(COc2cccc(C[NH2+]Cc3ccncc3)c2)cc1.[Cl-]. The van der Waals surface area contributed by atoms with Crippen LogP contribution in [-0.2, 0) is 19.7 Å². The Hall–Kier alpha value is -2.43. The van der Waals surface area contributed by atoms with E-state index in [0.717, 1.165) is 24.4 Å². The summed E-state index contributed by atoms with van der Waals surface area (Å²) in [7, 11) is 0. The van der Waals surface area contributed by atoms with E-state index in [0.29, 0.717) is 6.61 Å². The minimum atomic E-state index is -0.231. The molecule has 0 saturated carbocycles. The minimum Gasteiger partial charge on any atom is -1.00 e. The zero-order valence-electron chi connectivity index (χ0n) is 13.7. The Morgan fingerprint density at radius 2 is 1.56 bits per heavy atom. The van der Waals surface area contributed by atoms with Crippen LogP contribution >= 0.6 is 0 Å². The number of ether oxygens (including phenoxy) is 1. The maximum atomic E-state index is 12.9. The minimum absolute atomic E-state index is 0. The first-order chi connectivity index (χ1) is 11.8. The van der Waals surface area contributed by atoms with Crippen molar-refractivity contribution in [2.24, 2.45) is 0 Å². The van der Waals surface area contributed by atoms with Crippen molar-refractivity contribution in [3.8, 4) is 5.75 Å². The number of rotatable bonds is 7. The Morgan fingerprint density at radius 3 is 2.32 bits per heavy atom. The Labute approximate surface area is 153 Å². The summed E-state index contributed by atoms with van der Waals surface area (Å²) < 4.78 is 18.7. The monoisotopic (exact) mass is 358 g/mol. The fourth-order valence-corrected chi connectivity index (χ4v) is 2.43. The summed E-state index contributed by atoms with van der Waals surface area (Å²) in [6.07, 6.45) is 3.63. The highest BCUT2D eigenvalue weighted by atomic mass is 35.5. The zero-order chi connectivity index (χ0) is 16.6. The number of hydrogen-bond donors (Lipinski definition) is 1. The normalized spacial score (nSPS) is 10.1. The second-order valence-electron chi connectivity index (χ2n) is 5.61. The second kappa shape index (κ2) is 9.77. The van der Waals surface area contributed by atoms with E-state index in [1.165, 1.54) is 23.3 Å². The molecule has 0 aliphatic carbocycles. The summed E-state index contributed by atoms with van der Waals surface area (Å²) in [5.74, 6) is 0.597. The number of quaternary nitrogens is 1. The highest BCUT2D eigenvalue weighted by Crippen LogP contribution is 2.15. The van der Waals surface area contributed by atoms with Crippen LogP contribution in [0.1, 0.15) is 16.7 Å². The number of nitrogens with zero attached hydrogens (tertiary/aromatic N) is 1. The number of halogens is 2. The van der Waals surface area contributed by atoms with Crippen molar-refractivity contribution in [1.29, 1.82) is 0 Å². The van der Waals surface area contributed by atoms with Crippen molar-refractivity contribution >= 4 is 0 Å². The molecule has 0 bridgehead atoms. The molecule has 130 valence electrons. The maximum Gasteiger partial charge on any atom is 0.123 e. The summed E-state index contributed by atoms with van der Waals surface area (Å²) in [6, 6.07) is 18.5. The predicted molar refractivity (Wildman–Crippen MR) is 90.7 cm³/mol. The lowest BCUT2D eigenvalue weighted by Gasteiger charge is -2.08. The van der Waals surface area contributed by atoms with Gasteiger partial charge in [0.1, 0.15) is 31.3 Å². The number of aromatic nitrogens is 1. The Kier molecular flexibility index (Phi) is 7.38. The molecular weight excluding hydrogens is 339 g/mol. The summed E-state index contributed by atoms with van der Waals surface area (Å²) >= 11 is 0. The third kappa shape index (κ3) is 6.18. The van der Waals surface area contributed by atoms with Gasteiger partial charge >= 0.3 is 0 Å². The van der Waals surface area contributed by atoms with E-state index in [9.17, 15) is 4.39 Å². The van der Waals surface area contributed by atoms with Gasteiger partial charge in [0, 0.05) is 23.5 Å². The fraction of sp³-hybridized carbons (Fsp3) is 0.150. The van der Waals surface area contributed by atoms with Crippen LogP contribution in [0.3, 0.4) is 0 Å². The molecule has 2 aromatic carbocycles. The molecule has 0 amide bonds. The molecule has 0 aliphatic rings. The van der Waals surface area contributed by atoms with Crippen molar-refractivity contribution in [3.63, 3.8) is 0 Å². The van der Waals surface area contributed by atoms with E-state index in [2.05, 4.69) is 16.4 Å². The van der Waals surface area contributed by atoms with Crippen LogP contribution in [-0.4, -0.2) is 4.98 Å². The maximum absolute atomic E-state index is 12.9. The standard InChI is InChI=1S/C20H19FN2O.ClH/c21-19-6-4-17(5-7-19)15-24-20-3-1-2-18(12-20)14-23-13-16-8-10-22-11-9-16;/h1-12,23H,13-15H2;1H. The van der Waals surface area contributed by atoms with Gasteiger partial charge in [-0.15, -0.1) is 0 Å². The molecule has 1 aromatic heterocycles. The predicted octanol–water partition coefficient (Wildman–Crippen LogP) is 0.0673. The van der Waals surface area contributed by atoms with E-state index in [4.69, 9.17) is 4.74 Å². The highest BCUT2D eigenvalue weighted by Gasteiger charge is 2.01. The van der Waals surface area contributed by atoms with Crippen LogP contribution in [0.4, 0.5) is 4.39 Å². The van der Waals surface area contributed by atoms with Gasteiger partial charge in [0.2, 0.25) is 0 Å². The molecule has 0 unspecified atom stereocenters. The molecule has 2 N–H and O–H groups in total. The van der Waals surface area contributed by atoms with Gasteiger partial charge < -0.3 is 22.5 Å². The molecule has 3 rings (SSSR count). The van der Waals surface area contributed by atoms with Crippen LogP contribution in [0, 0.1) is 5.82 Å². The highest BCUT2D eigenvalue weighted by molar-refractivity contribution is 5.28. The Morgan fingerprint density at radius 1 is 0.840 bits per heavy atom. The van der Waals surface area contributed by atoms with Gasteiger partial charge in [-0.2, -0.15) is 0 Å². The molecular formula is C20H20ClFN2O. The molecule has 25 heavy (non-hydrogen) atoms. The van der Waals surface area contributed by atoms with Crippen LogP contribution in [0.25, 0.3) is 0 Å². The van der Waals surface area contributed by atoms with Crippen molar-refractivity contribution < 1.29 is 26.9 Å². The van der Waals surface area contributed by atoms with Crippen LogP contribution in [0.15, 0.2) is 73.1 Å². The zero-order valence-corrected chi connectivity index (χ0v) is 14.5. The smallest absolute Gasteiger partial charge is 0.123 e. The van der Waals surface area contributed by atoms with Crippen LogP contribution < -0.4 is 22.5 Å². The lowest BCUT2D eigenvalue weighted by Crippen LogP contribution is -3.00. The van der Waals surface area contributed by atoms with Gasteiger partial charge in [-0.3, -0.25) is 4.98 Å². The molecule has 0 radical (unpaired) electrons. The molecule has 3 nitrogen and oxygen atoms in total. The summed E-state index contributed by atoms with van der Waals surface area (Å²) in [5, 5.41) is 2.24. The Bertz CT molecular complexity index is 766. The average molecular weight is 359 g/mol. The molecule has 0 saturated heterocycles. The molecule has 1 heterocycles. The summed E-state index contributed by atoms with van der Waals surface area (Å²) in [5.41, 5.74) is 3.42. The van der Waals surface area contributed by atoms with E-state index in [1.54, 1.807) is 12.1 Å². The number of hydrogen-bond acceptors (Lipinski definition) is 2. The van der Waals surface area contributed by atoms with Gasteiger partial charge in [-0.25, -0.2) is 4.39 Å². The molecule has 3 aromatic rings.